The minimum Gasteiger partial charge on any atom is -0.327 e. The lowest BCUT2D eigenvalue weighted by molar-refractivity contribution is 0.617. The van der Waals surface area contributed by atoms with E-state index < -0.39 is 0 Å². The highest BCUT2D eigenvalue weighted by molar-refractivity contribution is 9.10. The van der Waals surface area contributed by atoms with Gasteiger partial charge in [0, 0.05) is 21.2 Å². The van der Waals surface area contributed by atoms with Crippen LogP contribution in [0.5, 0.6) is 0 Å². The van der Waals surface area contributed by atoms with Gasteiger partial charge in [-0.05, 0) is 30.5 Å². The molecule has 1 unspecified atom stereocenters. The third-order valence-electron chi connectivity index (χ3n) is 2.59. The van der Waals surface area contributed by atoms with E-state index in [1.165, 1.54) is 24.2 Å². The molecule has 1 aromatic carbocycles. The first-order valence-electron chi connectivity index (χ1n) is 5.38. The smallest absolute Gasteiger partial charge is 0.0186 e. The maximum Gasteiger partial charge on any atom is 0.0186 e. The van der Waals surface area contributed by atoms with Gasteiger partial charge in [-0.15, -0.1) is 11.8 Å². The normalized spacial score (nSPS) is 17.7. The van der Waals surface area contributed by atoms with Crippen molar-refractivity contribution < 1.29 is 0 Å². The molecule has 1 aliphatic carbocycles. The molecule has 0 radical (unpaired) electrons. The lowest BCUT2D eigenvalue weighted by atomic mass is 10.2. The van der Waals surface area contributed by atoms with Crippen LogP contribution in [0.3, 0.4) is 0 Å². The van der Waals surface area contributed by atoms with Crippen LogP contribution in [-0.4, -0.2) is 11.8 Å². The summed E-state index contributed by atoms with van der Waals surface area (Å²) < 4.78 is 1.14. The lowest BCUT2D eigenvalue weighted by Gasteiger charge is -2.10. The first-order valence-corrected chi connectivity index (χ1v) is 7.16. The maximum atomic E-state index is 6.07. The Balaban J connectivity index is 1.76. The molecule has 1 fully saturated rings. The Labute approximate surface area is 104 Å². The fourth-order valence-corrected chi connectivity index (χ4v) is 3.09. The highest BCUT2D eigenvalue weighted by atomic mass is 79.9. The van der Waals surface area contributed by atoms with E-state index in [0.29, 0.717) is 6.04 Å². The molecule has 0 saturated heterocycles. The predicted molar refractivity (Wildman–Crippen MR) is 70.2 cm³/mol. The average Bonchev–Trinajstić information content (AvgIpc) is 2.99. The molecule has 15 heavy (non-hydrogen) atoms. The van der Waals surface area contributed by atoms with Gasteiger partial charge in [0.15, 0.2) is 0 Å². The van der Waals surface area contributed by atoms with Gasteiger partial charge in [0.2, 0.25) is 0 Å². The Morgan fingerprint density at radius 1 is 1.47 bits per heavy atom. The summed E-state index contributed by atoms with van der Waals surface area (Å²) in [5.41, 5.74) is 6.07. The zero-order valence-corrected chi connectivity index (χ0v) is 11.1. The van der Waals surface area contributed by atoms with Crippen molar-refractivity contribution in [3.05, 3.63) is 28.7 Å². The summed E-state index contributed by atoms with van der Waals surface area (Å²) in [5.74, 6) is 1.97. The lowest BCUT2D eigenvalue weighted by Crippen LogP contribution is -2.23. The fraction of sp³-hybridized carbons (Fsp3) is 0.500. The van der Waals surface area contributed by atoms with Crippen LogP contribution in [0, 0.1) is 5.92 Å². The van der Waals surface area contributed by atoms with Crippen molar-refractivity contribution >= 4 is 27.7 Å². The van der Waals surface area contributed by atoms with Crippen LogP contribution in [0.4, 0.5) is 0 Å². The molecular weight excluding hydrogens is 270 g/mol. The molecule has 1 saturated carbocycles. The van der Waals surface area contributed by atoms with Gasteiger partial charge in [-0.1, -0.05) is 34.8 Å². The van der Waals surface area contributed by atoms with E-state index in [-0.39, 0.29) is 0 Å². The number of rotatable bonds is 5. The Bertz CT molecular complexity index is 325. The largest absolute Gasteiger partial charge is 0.327 e. The maximum absolute atomic E-state index is 6.07. The molecular formula is C12H16BrNS. The van der Waals surface area contributed by atoms with E-state index in [0.717, 1.165) is 16.1 Å². The molecule has 1 aromatic rings. The number of halogens is 1. The Kier molecular flexibility index (Phi) is 4.12. The van der Waals surface area contributed by atoms with Crippen molar-refractivity contribution in [2.24, 2.45) is 11.7 Å². The Morgan fingerprint density at radius 3 is 2.93 bits per heavy atom. The highest BCUT2D eigenvalue weighted by Crippen LogP contribution is 2.34. The van der Waals surface area contributed by atoms with Crippen LogP contribution in [0.1, 0.15) is 19.3 Å². The SMILES string of the molecule is NC(CSc1cccc(Br)c1)CC1CC1. The third-order valence-corrected chi connectivity index (χ3v) is 4.27. The van der Waals surface area contributed by atoms with Gasteiger partial charge in [0.1, 0.15) is 0 Å². The number of nitrogens with two attached hydrogens (primary N) is 1. The molecule has 0 aliphatic heterocycles. The minimum absolute atomic E-state index is 0.362. The number of benzene rings is 1. The van der Waals surface area contributed by atoms with Gasteiger partial charge in [-0.25, -0.2) is 0 Å². The standard InChI is InChI=1S/C12H16BrNS/c13-10-2-1-3-12(7-10)15-8-11(14)6-9-4-5-9/h1-3,7,9,11H,4-6,8,14H2. The quantitative estimate of drug-likeness (QED) is 0.836. The number of hydrogen-bond acceptors (Lipinski definition) is 2. The van der Waals surface area contributed by atoms with Gasteiger partial charge >= 0.3 is 0 Å². The molecule has 1 aliphatic rings. The summed E-state index contributed by atoms with van der Waals surface area (Å²) in [6, 6.07) is 8.77. The number of hydrogen-bond donors (Lipinski definition) is 1. The average molecular weight is 286 g/mol. The minimum atomic E-state index is 0.362. The fourth-order valence-electron chi connectivity index (χ4n) is 1.61. The zero-order valence-electron chi connectivity index (χ0n) is 8.66. The molecule has 2 rings (SSSR count). The highest BCUT2D eigenvalue weighted by Gasteiger charge is 2.23. The van der Waals surface area contributed by atoms with Gasteiger partial charge in [0.25, 0.3) is 0 Å². The second-order valence-electron chi connectivity index (χ2n) is 4.21. The first-order chi connectivity index (χ1) is 7.24. The Hall–Kier alpha value is 0.01000. The Morgan fingerprint density at radius 2 is 2.27 bits per heavy atom. The van der Waals surface area contributed by atoms with E-state index in [2.05, 4.69) is 34.1 Å². The van der Waals surface area contributed by atoms with Crippen molar-refractivity contribution in [3.8, 4) is 0 Å². The van der Waals surface area contributed by atoms with Gasteiger partial charge in [0.05, 0.1) is 0 Å². The van der Waals surface area contributed by atoms with E-state index >= 15 is 0 Å². The van der Waals surface area contributed by atoms with Crippen LogP contribution in [0.2, 0.25) is 0 Å². The summed E-state index contributed by atoms with van der Waals surface area (Å²) in [4.78, 5) is 1.30. The van der Waals surface area contributed by atoms with Gasteiger partial charge in [-0.2, -0.15) is 0 Å². The van der Waals surface area contributed by atoms with E-state index in [9.17, 15) is 0 Å². The van der Waals surface area contributed by atoms with Crippen LogP contribution in [-0.2, 0) is 0 Å². The summed E-state index contributed by atoms with van der Waals surface area (Å²) in [6.45, 7) is 0. The van der Waals surface area contributed by atoms with Crippen molar-refractivity contribution in [3.63, 3.8) is 0 Å². The monoisotopic (exact) mass is 285 g/mol. The number of thioether (sulfide) groups is 1. The van der Waals surface area contributed by atoms with Crippen LogP contribution in [0.25, 0.3) is 0 Å². The molecule has 2 N–H and O–H groups in total. The molecule has 0 spiro atoms. The summed E-state index contributed by atoms with van der Waals surface area (Å²) in [6.07, 6.45) is 4.01. The molecule has 0 amide bonds. The van der Waals surface area contributed by atoms with Crippen molar-refractivity contribution in [1.29, 1.82) is 0 Å². The molecule has 82 valence electrons. The van der Waals surface area contributed by atoms with Crippen LogP contribution >= 0.6 is 27.7 Å². The second kappa shape index (κ2) is 5.37. The molecule has 1 nitrogen and oxygen atoms in total. The summed E-state index contributed by atoms with van der Waals surface area (Å²) >= 11 is 5.33. The first kappa shape index (κ1) is 11.5. The summed E-state index contributed by atoms with van der Waals surface area (Å²) in [5, 5.41) is 0. The molecule has 0 heterocycles. The van der Waals surface area contributed by atoms with Crippen molar-refractivity contribution in [2.45, 2.75) is 30.2 Å². The molecule has 0 bridgehead atoms. The van der Waals surface area contributed by atoms with E-state index in [4.69, 9.17) is 5.73 Å². The molecule has 1 atom stereocenters. The van der Waals surface area contributed by atoms with Crippen molar-refractivity contribution in [2.75, 3.05) is 5.75 Å². The van der Waals surface area contributed by atoms with Gasteiger partial charge < -0.3 is 5.73 Å². The van der Waals surface area contributed by atoms with Crippen LogP contribution < -0.4 is 5.73 Å². The molecule has 3 heteroatoms. The predicted octanol–water partition coefficient (Wildman–Crippen LogP) is 3.67. The zero-order chi connectivity index (χ0) is 10.7. The second-order valence-corrected chi connectivity index (χ2v) is 6.22. The summed E-state index contributed by atoms with van der Waals surface area (Å²) in [7, 11) is 0. The van der Waals surface area contributed by atoms with E-state index in [1.54, 1.807) is 0 Å². The van der Waals surface area contributed by atoms with E-state index in [1.807, 2.05) is 17.8 Å². The van der Waals surface area contributed by atoms with Crippen LogP contribution in [0.15, 0.2) is 33.6 Å². The van der Waals surface area contributed by atoms with Gasteiger partial charge in [-0.3, -0.25) is 0 Å². The van der Waals surface area contributed by atoms with Crippen molar-refractivity contribution in [1.82, 2.24) is 0 Å². The molecule has 0 aromatic heterocycles. The topological polar surface area (TPSA) is 26.0 Å². The third kappa shape index (κ3) is 4.17.